The quantitative estimate of drug-likeness (QED) is 0.558. The van der Waals surface area contributed by atoms with E-state index in [0.29, 0.717) is 18.3 Å². The summed E-state index contributed by atoms with van der Waals surface area (Å²) in [6, 6.07) is 6.83. The summed E-state index contributed by atoms with van der Waals surface area (Å²) < 4.78 is 41.1. The van der Waals surface area contributed by atoms with Crippen LogP contribution >= 0.6 is 0 Å². The minimum atomic E-state index is -2.83. The second-order valence-corrected chi connectivity index (χ2v) is 8.26. The SMILES string of the molecule is CCS(=O)C1CCCC(NC(=NC)NCc2cccc(OC(F)F)c2)C1. The highest BCUT2D eigenvalue weighted by Crippen LogP contribution is 2.23. The van der Waals surface area contributed by atoms with E-state index in [0.717, 1.165) is 31.2 Å². The maximum atomic E-state index is 12.3. The normalized spacial score (nSPS) is 22.1. The first-order valence-electron chi connectivity index (χ1n) is 8.90. The molecule has 0 saturated heterocycles. The van der Waals surface area contributed by atoms with Crippen LogP contribution in [0.4, 0.5) is 8.78 Å². The van der Waals surface area contributed by atoms with E-state index in [1.54, 1.807) is 19.2 Å². The molecule has 1 saturated carbocycles. The highest BCUT2D eigenvalue weighted by atomic mass is 32.2. The molecule has 3 atom stereocenters. The van der Waals surface area contributed by atoms with Crippen molar-refractivity contribution in [2.75, 3.05) is 12.8 Å². The third kappa shape index (κ3) is 6.55. The topological polar surface area (TPSA) is 62.7 Å². The molecule has 26 heavy (non-hydrogen) atoms. The lowest BCUT2D eigenvalue weighted by Gasteiger charge is -2.30. The average Bonchev–Trinajstić information content (AvgIpc) is 2.64. The van der Waals surface area contributed by atoms with Gasteiger partial charge < -0.3 is 15.4 Å². The highest BCUT2D eigenvalue weighted by molar-refractivity contribution is 7.85. The minimum Gasteiger partial charge on any atom is -0.435 e. The van der Waals surface area contributed by atoms with E-state index in [4.69, 9.17) is 0 Å². The monoisotopic (exact) mass is 387 g/mol. The van der Waals surface area contributed by atoms with Gasteiger partial charge in [-0.1, -0.05) is 25.5 Å². The molecule has 0 amide bonds. The standard InChI is InChI=1S/C18H27F2N3O2S/c1-3-26(24)16-9-5-7-14(11-16)23-18(21-2)22-12-13-6-4-8-15(10-13)25-17(19)20/h4,6,8,10,14,16-17H,3,5,7,9,11-12H2,1-2H3,(H2,21,22,23). The maximum Gasteiger partial charge on any atom is 0.387 e. The summed E-state index contributed by atoms with van der Waals surface area (Å²) in [4.78, 5) is 4.23. The zero-order valence-electron chi connectivity index (χ0n) is 15.2. The Hall–Kier alpha value is -1.70. The summed E-state index contributed by atoms with van der Waals surface area (Å²) in [6.45, 7) is -0.433. The van der Waals surface area contributed by atoms with Crippen molar-refractivity contribution in [3.05, 3.63) is 29.8 Å². The molecule has 0 spiro atoms. The molecule has 8 heteroatoms. The van der Waals surface area contributed by atoms with Crippen molar-refractivity contribution >= 4 is 16.8 Å². The van der Waals surface area contributed by atoms with Crippen molar-refractivity contribution in [2.24, 2.45) is 4.99 Å². The Morgan fingerprint density at radius 2 is 2.23 bits per heavy atom. The summed E-state index contributed by atoms with van der Waals surface area (Å²) in [6.07, 6.45) is 3.97. The maximum absolute atomic E-state index is 12.3. The second kappa shape index (κ2) is 10.4. The van der Waals surface area contributed by atoms with E-state index in [-0.39, 0.29) is 17.0 Å². The van der Waals surface area contributed by atoms with E-state index in [1.165, 1.54) is 6.07 Å². The molecule has 146 valence electrons. The first-order valence-corrected chi connectivity index (χ1v) is 10.3. The Morgan fingerprint density at radius 3 is 2.92 bits per heavy atom. The van der Waals surface area contributed by atoms with Gasteiger partial charge in [0, 0.05) is 41.4 Å². The van der Waals surface area contributed by atoms with Crippen LogP contribution in [-0.4, -0.2) is 40.9 Å². The zero-order valence-corrected chi connectivity index (χ0v) is 16.0. The highest BCUT2D eigenvalue weighted by Gasteiger charge is 2.26. The van der Waals surface area contributed by atoms with Crippen LogP contribution in [0.25, 0.3) is 0 Å². The molecule has 0 heterocycles. The molecule has 1 aromatic carbocycles. The molecule has 3 unspecified atom stereocenters. The lowest BCUT2D eigenvalue weighted by Crippen LogP contribution is -2.46. The third-order valence-electron chi connectivity index (χ3n) is 4.43. The number of rotatable bonds is 7. The molecule has 1 fully saturated rings. The Labute approximate surface area is 156 Å². The number of benzene rings is 1. The number of nitrogens with one attached hydrogen (secondary N) is 2. The molecule has 2 N–H and O–H groups in total. The largest absolute Gasteiger partial charge is 0.435 e. The summed E-state index contributed by atoms with van der Waals surface area (Å²) in [5.41, 5.74) is 0.819. The molecule has 0 bridgehead atoms. The zero-order chi connectivity index (χ0) is 18.9. The van der Waals surface area contributed by atoms with Crippen LogP contribution in [0.1, 0.15) is 38.2 Å². The second-order valence-electron chi connectivity index (χ2n) is 6.25. The Morgan fingerprint density at radius 1 is 1.42 bits per heavy atom. The van der Waals surface area contributed by atoms with Gasteiger partial charge in [0.05, 0.1) is 0 Å². The van der Waals surface area contributed by atoms with Gasteiger partial charge in [0.2, 0.25) is 0 Å². The minimum absolute atomic E-state index is 0.138. The van der Waals surface area contributed by atoms with E-state index in [2.05, 4.69) is 20.4 Å². The predicted octanol–water partition coefficient (Wildman–Crippen LogP) is 3.03. The first-order chi connectivity index (χ1) is 12.5. The number of hydrogen-bond acceptors (Lipinski definition) is 3. The van der Waals surface area contributed by atoms with Gasteiger partial charge in [-0.15, -0.1) is 0 Å². The number of guanidine groups is 1. The Kier molecular flexibility index (Phi) is 8.28. The van der Waals surface area contributed by atoms with Crippen LogP contribution in [0.3, 0.4) is 0 Å². The van der Waals surface area contributed by atoms with Crippen LogP contribution in [0.15, 0.2) is 29.3 Å². The van der Waals surface area contributed by atoms with E-state index < -0.39 is 17.4 Å². The Bertz CT molecular complexity index is 628. The van der Waals surface area contributed by atoms with Gasteiger partial charge in [-0.05, 0) is 37.0 Å². The smallest absolute Gasteiger partial charge is 0.387 e. The number of nitrogens with zero attached hydrogens (tertiary/aromatic N) is 1. The van der Waals surface area contributed by atoms with Crippen LogP contribution < -0.4 is 15.4 Å². The van der Waals surface area contributed by atoms with Crippen molar-refractivity contribution in [1.29, 1.82) is 0 Å². The molecule has 0 radical (unpaired) electrons. The van der Waals surface area contributed by atoms with E-state index in [1.807, 2.05) is 13.0 Å². The summed E-state index contributed by atoms with van der Waals surface area (Å²) in [5, 5.41) is 6.82. The fourth-order valence-corrected chi connectivity index (χ4v) is 4.50. The molecule has 1 aliphatic carbocycles. The molecular formula is C18H27F2N3O2S. The van der Waals surface area contributed by atoms with Crippen LogP contribution in [0.2, 0.25) is 0 Å². The van der Waals surface area contributed by atoms with Crippen LogP contribution in [-0.2, 0) is 17.3 Å². The number of halogens is 2. The molecule has 2 rings (SSSR count). The number of hydrogen-bond donors (Lipinski definition) is 2. The lowest BCUT2D eigenvalue weighted by atomic mass is 9.95. The van der Waals surface area contributed by atoms with E-state index in [9.17, 15) is 13.0 Å². The number of alkyl halides is 2. The van der Waals surface area contributed by atoms with Gasteiger partial charge in [-0.2, -0.15) is 8.78 Å². The molecule has 0 aromatic heterocycles. The van der Waals surface area contributed by atoms with Gasteiger partial charge in [0.25, 0.3) is 0 Å². The van der Waals surface area contributed by atoms with Gasteiger partial charge in [0.1, 0.15) is 5.75 Å². The van der Waals surface area contributed by atoms with Gasteiger partial charge in [-0.25, -0.2) is 0 Å². The summed E-state index contributed by atoms with van der Waals surface area (Å²) >= 11 is 0. The molecule has 5 nitrogen and oxygen atoms in total. The molecular weight excluding hydrogens is 360 g/mol. The van der Waals surface area contributed by atoms with E-state index >= 15 is 0 Å². The lowest BCUT2D eigenvalue weighted by molar-refractivity contribution is -0.0498. The fraction of sp³-hybridized carbons (Fsp3) is 0.611. The molecule has 0 aliphatic heterocycles. The van der Waals surface area contributed by atoms with Gasteiger partial charge >= 0.3 is 6.61 Å². The first kappa shape index (κ1) is 20.6. The van der Waals surface area contributed by atoms with Crippen molar-refractivity contribution in [1.82, 2.24) is 10.6 Å². The van der Waals surface area contributed by atoms with Crippen molar-refractivity contribution in [3.8, 4) is 5.75 Å². The van der Waals surface area contributed by atoms with Crippen LogP contribution in [0, 0.1) is 0 Å². The molecule has 1 aliphatic rings. The number of ether oxygens (including phenoxy) is 1. The predicted molar refractivity (Wildman–Crippen MR) is 101 cm³/mol. The van der Waals surface area contributed by atoms with Crippen molar-refractivity contribution in [3.63, 3.8) is 0 Å². The van der Waals surface area contributed by atoms with Gasteiger partial charge in [-0.3, -0.25) is 9.20 Å². The summed E-state index contributed by atoms with van der Waals surface area (Å²) in [5.74, 6) is 1.49. The Balaban J connectivity index is 1.87. The summed E-state index contributed by atoms with van der Waals surface area (Å²) in [7, 11) is 0.923. The molecule has 1 aromatic rings. The van der Waals surface area contributed by atoms with Crippen molar-refractivity contribution in [2.45, 2.75) is 57.1 Å². The average molecular weight is 387 g/mol. The third-order valence-corrected chi connectivity index (χ3v) is 6.17. The van der Waals surface area contributed by atoms with Crippen molar-refractivity contribution < 1.29 is 17.7 Å². The van der Waals surface area contributed by atoms with Crippen LogP contribution in [0.5, 0.6) is 5.75 Å². The fourth-order valence-electron chi connectivity index (χ4n) is 3.16. The van der Waals surface area contributed by atoms with Gasteiger partial charge in [0.15, 0.2) is 5.96 Å². The number of aliphatic imine (C=N–C) groups is 1.